The Morgan fingerprint density at radius 1 is 0.963 bits per heavy atom. The van der Waals surface area contributed by atoms with Gasteiger partial charge in [0.2, 0.25) is 0 Å². The van der Waals surface area contributed by atoms with Gasteiger partial charge >= 0.3 is 5.97 Å². The van der Waals surface area contributed by atoms with E-state index < -0.39 is 0 Å². The van der Waals surface area contributed by atoms with Crippen LogP contribution in [0.25, 0.3) is 11.1 Å². The summed E-state index contributed by atoms with van der Waals surface area (Å²) in [5, 5.41) is 2.87. The van der Waals surface area contributed by atoms with Crippen molar-refractivity contribution >= 4 is 17.6 Å². The van der Waals surface area contributed by atoms with Gasteiger partial charge < -0.3 is 14.8 Å². The largest absolute Gasteiger partial charge is 0.462 e. The van der Waals surface area contributed by atoms with Crippen molar-refractivity contribution in [2.24, 2.45) is 0 Å². The van der Waals surface area contributed by atoms with E-state index in [1.54, 1.807) is 37.3 Å². The van der Waals surface area contributed by atoms with Crippen LogP contribution in [0.5, 0.6) is 11.5 Å². The lowest BCUT2D eigenvalue weighted by molar-refractivity contribution is 0.0526. The highest BCUT2D eigenvalue weighted by atomic mass is 16.5. The highest BCUT2D eigenvalue weighted by molar-refractivity contribution is 6.08. The van der Waals surface area contributed by atoms with E-state index >= 15 is 0 Å². The van der Waals surface area contributed by atoms with Crippen molar-refractivity contribution < 1.29 is 19.1 Å². The molecule has 0 aliphatic carbocycles. The van der Waals surface area contributed by atoms with Gasteiger partial charge in [0.25, 0.3) is 5.91 Å². The normalized spacial score (nSPS) is 12.1. The first-order chi connectivity index (χ1) is 13.2. The first-order valence-electron chi connectivity index (χ1n) is 8.65. The van der Waals surface area contributed by atoms with Crippen molar-refractivity contribution in [1.29, 1.82) is 0 Å². The first-order valence-corrected chi connectivity index (χ1v) is 8.65. The third-order valence-electron chi connectivity index (χ3n) is 4.31. The maximum atomic E-state index is 12.6. The molecule has 134 valence electrons. The molecule has 5 nitrogen and oxygen atoms in total. The van der Waals surface area contributed by atoms with Gasteiger partial charge in [-0.2, -0.15) is 0 Å². The summed E-state index contributed by atoms with van der Waals surface area (Å²) in [5.41, 5.74) is 3.33. The molecule has 0 saturated heterocycles. The van der Waals surface area contributed by atoms with Gasteiger partial charge in [0.1, 0.15) is 5.75 Å². The molecule has 3 aromatic carbocycles. The molecule has 3 aromatic rings. The van der Waals surface area contributed by atoms with E-state index in [-0.39, 0.29) is 11.9 Å². The molecule has 1 amide bonds. The Labute approximate surface area is 156 Å². The fourth-order valence-corrected chi connectivity index (χ4v) is 2.96. The number of para-hydroxylation sites is 2. The van der Waals surface area contributed by atoms with E-state index in [0.717, 1.165) is 11.1 Å². The van der Waals surface area contributed by atoms with Gasteiger partial charge in [-0.25, -0.2) is 4.79 Å². The minimum atomic E-state index is -0.350. The second kappa shape index (κ2) is 6.96. The minimum Gasteiger partial charge on any atom is -0.462 e. The molecule has 0 bridgehead atoms. The van der Waals surface area contributed by atoms with E-state index in [1.165, 1.54) is 0 Å². The number of carbonyl (C=O) groups excluding carboxylic acids is 2. The minimum absolute atomic E-state index is 0.222. The van der Waals surface area contributed by atoms with Crippen molar-refractivity contribution in [3.8, 4) is 22.6 Å². The molecule has 1 N–H and O–H groups in total. The molecule has 0 saturated carbocycles. The summed E-state index contributed by atoms with van der Waals surface area (Å²) in [6, 6.07) is 19.9. The number of hydrogen-bond donors (Lipinski definition) is 1. The highest BCUT2D eigenvalue weighted by Crippen LogP contribution is 2.37. The fraction of sp³-hybridized carbons (Fsp3) is 0.0909. The van der Waals surface area contributed by atoms with Crippen LogP contribution in [0.3, 0.4) is 0 Å². The smallest absolute Gasteiger partial charge is 0.338 e. The van der Waals surface area contributed by atoms with E-state index in [2.05, 4.69) is 5.32 Å². The Bertz CT molecular complexity index is 1020. The topological polar surface area (TPSA) is 64.6 Å². The molecule has 1 aliphatic rings. The molecule has 0 aromatic heterocycles. The summed E-state index contributed by atoms with van der Waals surface area (Å²) >= 11 is 0. The number of amides is 1. The SMILES string of the molecule is CCOC(=O)c1ccc(-c2ccc3c(c2)C(=O)Nc2ccccc2O3)cc1. The van der Waals surface area contributed by atoms with Crippen LogP contribution in [-0.2, 0) is 4.74 Å². The molecule has 4 rings (SSSR count). The molecule has 27 heavy (non-hydrogen) atoms. The van der Waals surface area contributed by atoms with Crippen LogP contribution in [0.1, 0.15) is 27.6 Å². The molecule has 1 heterocycles. The quantitative estimate of drug-likeness (QED) is 0.676. The summed E-state index contributed by atoms with van der Waals surface area (Å²) in [6.45, 7) is 2.11. The van der Waals surface area contributed by atoms with Crippen molar-refractivity contribution in [2.45, 2.75) is 6.92 Å². The Balaban J connectivity index is 1.66. The lowest BCUT2D eigenvalue weighted by Gasteiger charge is -2.09. The summed E-state index contributed by atoms with van der Waals surface area (Å²) in [7, 11) is 0. The third kappa shape index (κ3) is 3.27. The number of nitrogens with one attached hydrogen (secondary N) is 1. The predicted octanol–water partition coefficient (Wildman–Crippen LogP) is 4.89. The Kier molecular flexibility index (Phi) is 4.34. The first kappa shape index (κ1) is 16.8. The molecule has 0 atom stereocenters. The van der Waals surface area contributed by atoms with Crippen molar-refractivity contribution in [3.05, 3.63) is 77.9 Å². The van der Waals surface area contributed by atoms with Crippen molar-refractivity contribution in [1.82, 2.24) is 0 Å². The van der Waals surface area contributed by atoms with Crippen LogP contribution in [0.15, 0.2) is 66.7 Å². The van der Waals surface area contributed by atoms with Crippen LogP contribution in [0.2, 0.25) is 0 Å². The van der Waals surface area contributed by atoms with E-state index in [0.29, 0.717) is 34.9 Å². The molecular formula is C22H17NO4. The van der Waals surface area contributed by atoms with E-state index in [4.69, 9.17) is 9.47 Å². The molecule has 0 unspecified atom stereocenters. The van der Waals surface area contributed by atoms with Gasteiger partial charge in [-0.15, -0.1) is 0 Å². The standard InChI is InChI=1S/C22H17NO4/c1-2-26-22(25)15-9-7-14(8-10-15)16-11-12-19-17(13-16)21(24)23-18-5-3-4-6-20(18)27-19/h3-13H,2H2,1H3,(H,23,24). The zero-order chi connectivity index (χ0) is 18.8. The Hall–Kier alpha value is -3.60. The maximum absolute atomic E-state index is 12.6. The second-order valence-corrected chi connectivity index (χ2v) is 6.06. The fourth-order valence-electron chi connectivity index (χ4n) is 2.96. The number of rotatable bonds is 3. The second-order valence-electron chi connectivity index (χ2n) is 6.06. The summed E-state index contributed by atoms with van der Waals surface area (Å²) < 4.78 is 10.9. The zero-order valence-electron chi connectivity index (χ0n) is 14.7. The predicted molar refractivity (Wildman–Crippen MR) is 102 cm³/mol. The number of ether oxygens (including phenoxy) is 2. The monoisotopic (exact) mass is 359 g/mol. The number of anilines is 1. The summed E-state index contributed by atoms with van der Waals surface area (Å²) in [6.07, 6.45) is 0. The van der Waals surface area contributed by atoms with Gasteiger partial charge in [0.15, 0.2) is 5.75 Å². The number of hydrogen-bond acceptors (Lipinski definition) is 4. The average molecular weight is 359 g/mol. The highest BCUT2D eigenvalue weighted by Gasteiger charge is 2.21. The average Bonchev–Trinajstić information content (AvgIpc) is 2.83. The molecule has 1 aliphatic heterocycles. The zero-order valence-corrected chi connectivity index (χ0v) is 14.7. The van der Waals surface area contributed by atoms with Crippen molar-refractivity contribution in [2.75, 3.05) is 11.9 Å². The Morgan fingerprint density at radius 2 is 1.70 bits per heavy atom. The summed E-state index contributed by atoms with van der Waals surface area (Å²) in [5.74, 6) is 0.539. The Morgan fingerprint density at radius 3 is 2.48 bits per heavy atom. The summed E-state index contributed by atoms with van der Waals surface area (Å²) in [4.78, 5) is 24.4. The molecule has 0 spiro atoms. The lowest BCUT2D eigenvalue weighted by Crippen LogP contribution is -2.10. The number of benzene rings is 3. The maximum Gasteiger partial charge on any atom is 0.338 e. The van der Waals surface area contributed by atoms with E-state index in [1.807, 2.05) is 36.4 Å². The molecule has 0 fully saturated rings. The molecule has 5 heteroatoms. The number of fused-ring (bicyclic) bond motifs is 2. The van der Waals surface area contributed by atoms with Crippen LogP contribution in [0, 0.1) is 0 Å². The van der Waals surface area contributed by atoms with Gasteiger partial charge in [0.05, 0.1) is 23.4 Å². The van der Waals surface area contributed by atoms with Gasteiger partial charge in [0, 0.05) is 0 Å². The van der Waals surface area contributed by atoms with Gasteiger partial charge in [-0.3, -0.25) is 4.79 Å². The van der Waals surface area contributed by atoms with E-state index in [9.17, 15) is 9.59 Å². The lowest BCUT2D eigenvalue weighted by atomic mass is 10.0. The van der Waals surface area contributed by atoms with Crippen LogP contribution in [0.4, 0.5) is 5.69 Å². The molecule has 0 radical (unpaired) electrons. The van der Waals surface area contributed by atoms with Crippen LogP contribution in [-0.4, -0.2) is 18.5 Å². The molecular weight excluding hydrogens is 342 g/mol. The van der Waals surface area contributed by atoms with Crippen molar-refractivity contribution in [3.63, 3.8) is 0 Å². The number of esters is 1. The third-order valence-corrected chi connectivity index (χ3v) is 4.31. The van der Waals surface area contributed by atoms with Gasteiger partial charge in [-0.1, -0.05) is 30.3 Å². The number of carbonyl (C=O) groups is 2. The van der Waals surface area contributed by atoms with Gasteiger partial charge in [-0.05, 0) is 54.4 Å². The van der Waals surface area contributed by atoms with Crippen LogP contribution >= 0.6 is 0 Å². The van der Waals surface area contributed by atoms with Crippen LogP contribution < -0.4 is 10.1 Å².